The summed E-state index contributed by atoms with van der Waals surface area (Å²) in [6.45, 7) is -0.165. The van der Waals surface area contributed by atoms with Crippen molar-refractivity contribution in [2.24, 2.45) is 14.1 Å². The van der Waals surface area contributed by atoms with Gasteiger partial charge in [0.2, 0.25) is 0 Å². The molecule has 0 aliphatic carbocycles. The lowest BCUT2D eigenvalue weighted by Gasteiger charge is -2.09. The van der Waals surface area contributed by atoms with Crippen LogP contribution in [-0.4, -0.2) is 21.6 Å². The number of halogens is 2. The maximum Gasteiger partial charge on any atom is 0.328 e. The number of hydrogen-bond donors (Lipinski definition) is 1. The van der Waals surface area contributed by atoms with E-state index in [4.69, 9.17) is 4.74 Å². The third-order valence-corrected chi connectivity index (χ3v) is 4.08. The maximum atomic E-state index is 13.4. The lowest BCUT2D eigenvalue weighted by molar-refractivity contribution is -0.123. The van der Waals surface area contributed by atoms with E-state index in [1.165, 1.54) is 4.57 Å². The Bertz CT molecular complexity index is 1040. The second-order valence-electron chi connectivity index (χ2n) is 5.86. The van der Waals surface area contributed by atoms with E-state index in [0.29, 0.717) is 6.07 Å². The van der Waals surface area contributed by atoms with E-state index in [2.05, 4.69) is 5.32 Å². The van der Waals surface area contributed by atoms with Crippen LogP contribution < -0.4 is 15.7 Å². The topological polar surface area (TPSA) is 65.3 Å². The zero-order valence-electron chi connectivity index (χ0n) is 14.3. The number of rotatable bonds is 5. The highest BCUT2D eigenvalue weighted by molar-refractivity contribution is 5.79. The second kappa shape index (κ2) is 6.99. The van der Waals surface area contributed by atoms with E-state index in [9.17, 15) is 18.4 Å². The van der Waals surface area contributed by atoms with Crippen LogP contribution in [0.2, 0.25) is 0 Å². The Morgan fingerprint density at radius 2 is 1.81 bits per heavy atom. The van der Waals surface area contributed by atoms with Crippen molar-refractivity contribution in [3.05, 3.63) is 64.1 Å². The summed E-state index contributed by atoms with van der Waals surface area (Å²) in [5.74, 6) is -2.23. The van der Waals surface area contributed by atoms with Crippen LogP contribution in [0, 0.1) is 11.6 Å². The van der Waals surface area contributed by atoms with Gasteiger partial charge in [0.15, 0.2) is 18.2 Å². The molecule has 3 aromatic rings. The first kappa shape index (κ1) is 17.7. The molecule has 0 radical (unpaired) electrons. The van der Waals surface area contributed by atoms with Gasteiger partial charge in [0.1, 0.15) is 5.82 Å². The van der Waals surface area contributed by atoms with Gasteiger partial charge in [-0.3, -0.25) is 13.9 Å². The molecule has 0 aliphatic heterocycles. The third-order valence-electron chi connectivity index (χ3n) is 4.08. The monoisotopic (exact) mass is 361 g/mol. The van der Waals surface area contributed by atoms with Gasteiger partial charge < -0.3 is 10.1 Å². The van der Waals surface area contributed by atoms with Crippen LogP contribution in [0.3, 0.4) is 0 Å². The Labute approximate surface area is 147 Å². The highest BCUT2D eigenvalue weighted by atomic mass is 19.1. The van der Waals surface area contributed by atoms with Crippen molar-refractivity contribution in [3.63, 3.8) is 0 Å². The number of benzene rings is 2. The first-order valence-electron chi connectivity index (χ1n) is 7.85. The van der Waals surface area contributed by atoms with Crippen LogP contribution in [-0.2, 0) is 25.4 Å². The number of nitrogens with one attached hydrogen (secondary N) is 1. The van der Waals surface area contributed by atoms with Crippen LogP contribution in [0.5, 0.6) is 5.75 Å². The fourth-order valence-corrected chi connectivity index (χ4v) is 2.65. The average Bonchev–Trinajstić information content (AvgIpc) is 2.83. The molecule has 136 valence electrons. The molecule has 0 unspecified atom stereocenters. The summed E-state index contributed by atoms with van der Waals surface area (Å²) in [6.07, 6.45) is 0. The molecule has 6 nitrogen and oxygen atoms in total. The normalized spacial score (nSPS) is 10.9. The van der Waals surface area contributed by atoms with Gasteiger partial charge in [-0.2, -0.15) is 0 Å². The number of carbonyl (C=O) groups excluding carboxylic acids is 1. The minimum absolute atomic E-state index is 0.129. The Balaban J connectivity index is 1.61. The molecule has 1 heterocycles. The van der Waals surface area contributed by atoms with E-state index in [-0.39, 0.29) is 18.0 Å². The summed E-state index contributed by atoms with van der Waals surface area (Å²) in [4.78, 5) is 23.8. The summed E-state index contributed by atoms with van der Waals surface area (Å²) in [5, 5.41) is 2.65. The SMILES string of the molecule is Cn1c(=O)n(C)c2cc(CNC(=O)COc3ccc(F)cc3F)ccc21. The van der Waals surface area contributed by atoms with Gasteiger partial charge in [0.05, 0.1) is 11.0 Å². The summed E-state index contributed by atoms with van der Waals surface area (Å²) in [6, 6.07) is 8.30. The Kier molecular flexibility index (Phi) is 4.75. The average molecular weight is 361 g/mol. The number of hydrogen-bond acceptors (Lipinski definition) is 3. The predicted molar refractivity (Wildman–Crippen MR) is 91.9 cm³/mol. The van der Waals surface area contributed by atoms with E-state index >= 15 is 0 Å². The molecule has 0 atom stereocenters. The Morgan fingerprint density at radius 3 is 2.54 bits per heavy atom. The minimum Gasteiger partial charge on any atom is -0.481 e. The number of ether oxygens (including phenoxy) is 1. The van der Waals surface area contributed by atoms with Crippen LogP contribution in [0.25, 0.3) is 11.0 Å². The summed E-state index contributed by atoms with van der Waals surface area (Å²) >= 11 is 0. The number of aryl methyl sites for hydroxylation is 2. The summed E-state index contributed by atoms with van der Waals surface area (Å²) in [5.41, 5.74) is 2.23. The molecule has 1 amide bonds. The molecular weight excluding hydrogens is 344 g/mol. The molecule has 26 heavy (non-hydrogen) atoms. The number of aromatic nitrogens is 2. The van der Waals surface area contributed by atoms with Crippen LogP contribution in [0.4, 0.5) is 8.78 Å². The zero-order valence-corrected chi connectivity index (χ0v) is 14.3. The molecule has 2 aromatic carbocycles. The van der Waals surface area contributed by atoms with Gasteiger partial charge >= 0.3 is 5.69 Å². The molecule has 3 rings (SSSR count). The van der Waals surface area contributed by atoms with Gasteiger partial charge in [0.25, 0.3) is 5.91 Å². The van der Waals surface area contributed by atoms with Crippen LogP contribution >= 0.6 is 0 Å². The predicted octanol–water partition coefficient (Wildman–Crippen LogP) is 1.85. The van der Waals surface area contributed by atoms with Crippen molar-refractivity contribution in [3.8, 4) is 5.75 Å². The molecule has 1 N–H and O–H groups in total. The first-order valence-corrected chi connectivity index (χ1v) is 7.85. The highest BCUT2D eigenvalue weighted by Gasteiger charge is 2.10. The largest absolute Gasteiger partial charge is 0.481 e. The van der Waals surface area contributed by atoms with Crippen molar-refractivity contribution in [1.82, 2.24) is 14.5 Å². The highest BCUT2D eigenvalue weighted by Crippen LogP contribution is 2.17. The molecule has 8 heteroatoms. The van der Waals surface area contributed by atoms with Crippen molar-refractivity contribution < 1.29 is 18.3 Å². The van der Waals surface area contributed by atoms with Crippen LogP contribution in [0.1, 0.15) is 5.56 Å². The quantitative estimate of drug-likeness (QED) is 0.754. The Hall–Kier alpha value is -3.16. The van der Waals surface area contributed by atoms with E-state index < -0.39 is 24.1 Å². The van der Waals surface area contributed by atoms with Crippen molar-refractivity contribution in [2.75, 3.05) is 6.61 Å². The van der Waals surface area contributed by atoms with E-state index in [1.807, 2.05) is 18.2 Å². The van der Waals surface area contributed by atoms with Crippen molar-refractivity contribution in [2.45, 2.75) is 6.54 Å². The lowest BCUT2D eigenvalue weighted by atomic mass is 10.2. The number of imidazole rings is 1. The van der Waals surface area contributed by atoms with Gasteiger partial charge in [0, 0.05) is 26.7 Å². The van der Waals surface area contributed by atoms with Crippen molar-refractivity contribution in [1.29, 1.82) is 0 Å². The standard InChI is InChI=1S/C18H17F2N3O3/c1-22-14-5-3-11(7-15(14)23(2)18(22)25)9-21-17(24)10-26-16-6-4-12(19)8-13(16)20/h3-8H,9-10H2,1-2H3,(H,21,24). The molecular formula is C18H17F2N3O3. The molecule has 0 bridgehead atoms. The number of carbonyl (C=O) groups is 1. The molecule has 0 saturated heterocycles. The van der Waals surface area contributed by atoms with Gasteiger partial charge in [-0.1, -0.05) is 6.07 Å². The lowest BCUT2D eigenvalue weighted by Crippen LogP contribution is -2.28. The summed E-state index contributed by atoms with van der Waals surface area (Å²) < 4.78 is 34.4. The van der Waals surface area contributed by atoms with Gasteiger partial charge in [-0.05, 0) is 29.8 Å². The first-order chi connectivity index (χ1) is 12.4. The molecule has 0 fully saturated rings. The zero-order chi connectivity index (χ0) is 18.8. The smallest absolute Gasteiger partial charge is 0.328 e. The number of nitrogens with zero attached hydrogens (tertiary/aromatic N) is 2. The Morgan fingerprint density at radius 1 is 1.08 bits per heavy atom. The fourth-order valence-electron chi connectivity index (χ4n) is 2.65. The van der Waals surface area contributed by atoms with E-state index in [1.54, 1.807) is 18.7 Å². The molecule has 0 aliphatic rings. The van der Waals surface area contributed by atoms with Crippen molar-refractivity contribution >= 4 is 16.9 Å². The minimum atomic E-state index is -0.867. The van der Waals surface area contributed by atoms with E-state index in [0.717, 1.165) is 28.7 Å². The fraction of sp³-hybridized carbons (Fsp3) is 0.222. The number of amides is 1. The second-order valence-corrected chi connectivity index (χ2v) is 5.86. The third kappa shape index (κ3) is 3.44. The maximum absolute atomic E-state index is 13.4. The molecule has 1 aromatic heterocycles. The summed E-state index contributed by atoms with van der Waals surface area (Å²) in [7, 11) is 3.37. The van der Waals surface area contributed by atoms with Gasteiger partial charge in [-0.25, -0.2) is 13.6 Å². The molecule has 0 spiro atoms. The van der Waals surface area contributed by atoms with Crippen LogP contribution in [0.15, 0.2) is 41.2 Å². The van der Waals surface area contributed by atoms with Gasteiger partial charge in [-0.15, -0.1) is 0 Å². The molecule has 0 saturated carbocycles. The number of fused-ring (bicyclic) bond motifs is 1.